The fraction of sp³-hybridized carbons (Fsp3) is 0.562. The van der Waals surface area contributed by atoms with Crippen molar-refractivity contribution in [1.82, 2.24) is 0 Å². The Morgan fingerprint density at radius 1 is 1.11 bits per heavy atom. The zero-order valence-corrected chi connectivity index (χ0v) is 11.9. The van der Waals surface area contributed by atoms with Crippen LogP contribution in [0.25, 0.3) is 0 Å². The van der Waals surface area contributed by atoms with E-state index in [0.717, 1.165) is 18.5 Å². The number of benzene rings is 1. The molecule has 98 valence electrons. The molecule has 0 radical (unpaired) electrons. The normalized spacial score (nSPS) is 11.0. The molecule has 0 aromatic heterocycles. The summed E-state index contributed by atoms with van der Waals surface area (Å²) in [6.07, 6.45) is 2.32. The molecule has 0 aliphatic heterocycles. The van der Waals surface area contributed by atoms with Crippen LogP contribution in [0.4, 0.5) is 5.69 Å². The summed E-state index contributed by atoms with van der Waals surface area (Å²) >= 11 is 0. The number of hydrogen-bond donors (Lipinski definition) is 1. The van der Waals surface area contributed by atoms with E-state index in [9.17, 15) is 0 Å². The van der Waals surface area contributed by atoms with E-state index in [-0.39, 0.29) is 0 Å². The predicted molar refractivity (Wildman–Crippen MR) is 77.5 cm³/mol. The van der Waals surface area contributed by atoms with E-state index in [4.69, 9.17) is 5.26 Å². The molecule has 0 atom stereocenters. The second-order valence-electron chi connectivity index (χ2n) is 5.79. The van der Waals surface area contributed by atoms with Crippen molar-refractivity contribution >= 4 is 5.69 Å². The van der Waals surface area contributed by atoms with Crippen molar-refractivity contribution in [1.29, 1.82) is 5.26 Å². The molecule has 18 heavy (non-hydrogen) atoms. The maximum Gasteiger partial charge on any atom is 0.0992 e. The molecule has 1 N–H and O–H groups in total. The van der Waals surface area contributed by atoms with Crippen molar-refractivity contribution < 1.29 is 0 Å². The summed E-state index contributed by atoms with van der Waals surface area (Å²) in [5, 5.41) is 12.5. The molecule has 0 saturated heterocycles. The van der Waals surface area contributed by atoms with Crippen LogP contribution in [-0.2, 0) is 0 Å². The number of anilines is 1. The van der Waals surface area contributed by atoms with Crippen LogP contribution in [0.5, 0.6) is 0 Å². The lowest BCUT2D eigenvalue weighted by Crippen LogP contribution is -2.23. The summed E-state index contributed by atoms with van der Waals surface area (Å²) < 4.78 is 0. The number of nitrogens with zero attached hydrogens (tertiary/aromatic N) is 1. The quantitative estimate of drug-likeness (QED) is 0.803. The first-order valence-electron chi connectivity index (χ1n) is 6.78. The average Bonchev–Trinajstić information content (AvgIpc) is 2.27. The zero-order valence-electron chi connectivity index (χ0n) is 11.9. The van der Waals surface area contributed by atoms with Gasteiger partial charge < -0.3 is 5.32 Å². The molecule has 0 aliphatic rings. The molecule has 0 amide bonds. The molecule has 1 rings (SSSR count). The first kappa shape index (κ1) is 14.6. The molecule has 0 aliphatic carbocycles. The summed E-state index contributed by atoms with van der Waals surface area (Å²) in [6, 6.07) is 10.4. The van der Waals surface area contributed by atoms with E-state index in [1.54, 1.807) is 0 Å². The van der Waals surface area contributed by atoms with Crippen LogP contribution < -0.4 is 5.32 Å². The van der Waals surface area contributed by atoms with E-state index in [1.807, 2.05) is 24.3 Å². The Bertz CT molecular complexity index is 392. The molecule has 0 bridgehead atoms. The second kappa shape index (κ2) is 7.06. The summed E-state index contributed by atoms with van der Waals surface area (Å²) in [7, 11) is 0. The smallest absolute Gasteiger partial charge is 0.0992 e. The molecule has 2 heteroatoms. The van der Waals surface area contributed by atoms with Crippen LogP contribution in [0.15, 0.2) is 24.3 Å². The summed E-state index contributed by atoms with van der Waals surface area (Å²) in [4.78, 5) is 0. The van der Waals surface area contributed by atoms with Crippen LogP contribution in [0, 0.1) is 23.2 Å². The summed E-state index contributed by atoms with van der Waals surface area (Å²) in [6.45, 7) is 9.00. The lowest BCUT2D eigenvalue weighted by Gasteiger charge is -2.23. The summed E-state index contributed by atoms with van der Waals surface area (Å²) in [5.74, 6) is 1.36. The Kier molecular flexibility index (Phi) is 5.71. The van der Waals surface area contributed by atoms with Crippen molar-refractivity contribution in [2.24, 2.45) is 11.8 Å². The highest BCUT2D eigenvalue weighted by Gasteiger charge is 2.12. The third-order valence-electron chi connectivity index (χ3n) is 2.87. The maximum atomic E-state index is 8.91. The highest BCUT2D eigenvalue weighted by atomic mass is 14.9. The van der Waals surface area contributed by atoms with Crippen molar-refractivity contribution in [3.63, 3.8) is 0 Å². The van der Waals surface area contributed by atoms with Gasteiger partial charge in [-0.2, -0.15) is 5.26 Å². The molecule has 0 fully saturated rings. The summed E-state index contributed by atoms with van der Waals surface area (Å²) in [5.41, 5.74) is 1.77. The molecule has 2 nitrogen and oxygen atoms in total. The standard InChI is InChI=1S/C16H24N2/c1-12(2)8-16(9-13(3)4)18-15-7-5-6-14(10-15)11-17/h5-7,10,12-13,16,18H,8-9H2,1-4H3. The minimum Gasteiger partial charge on any atom is -0.382 e. The highest BCUT2D eigenvalue weighted by molar-refractivity contribution is 5.49. The van der Waals surface area contributed by atoms with Gasteiger partial charge in [0.2, 0.25) is 0 Å². The largest absolute Gasteiger partial charge is 0.382 e. The number of hydrogen-bond acceptors (Lipinski definition) is 2. The van der Waals surface area contributed by atoms with Gasteiger partial charge in [0.1, 0.15) is 0 Å². The van der Waals surface area contributed by atoms with E-state index in [0.29, 0.717) is 23.4 Å². The molecule has 1 aromatic rings. The third-order valence-corrected chi connectivity index (χ3v) is 2.87. The topological polar surface area (TPSA) is 35.8 Å². The molecular weight excluding hydrogens is 220 g/mol. The average molecular weight is 244 g/mol. The van der Waals surface area contributed by atoms with Gasteiger partial charge in [0.25, 0.3) is 0 Å². The molecule has 1 aromatic carbocycles. The molecular formula is C16H24N2. The Labute approximate surface area is 111 Å². The molecule has 0 saturated carbocycles. The Morgan fingerprint density at radius 2 is 1.72 bits per heavy atom. The van der Waals surface area contributed by atoms with Crippen molar-refractivity contribution in [2.45, 2.75) is 46.6 Å². The van der Waals surface area contributed by atoms with Crippen molar-refractivity contribution in [3.8, 4) is 6.07 Å². The van der Waals surface area contributed by atoms with Gasteiger partial charge in [-0.05, 0) is 42.9 Å². The maximum absolute atomic E-state index is 8.91. The Balaban J connectivity index is 2.72. The number of nitrogens with one attached hydrogen (secondary N) is 1. The van der Waals surface area contributed by atoms with Gasteiger partial charge in [-0.1, -0.05) is 33.8 Å². The van der Waals surface area contributed by atoms with Gasteiger partial charge in [0, 0.05) is 11.7 Å². The van der Waals surface area contributed by atoms with E-state index in [1.165, 1.54) is 0 Å². The van der Waals surface area contributed by atoms with Crippen LogP contribution in [0.3, 0.4) is 0 Å². The fourth-order valence-corrected chi connectivity index (χ4v) is 2.27. The van der Waals surface area contributed by atoms with Crippen LogP contribution in [0.2, 0.25) is 0 Å². The van der Waals surface area contributed by atoms with Crippen LogP contribution in [-0.4, -0.2) is 6.04 Å². The van der Waals surface area contributed by atoms with Crippen LogP contribution in [0.1, 0.15) is 46.1 Å². The van der Waals surface area contributed by atoms with Crippen molar-refractivity contribution in [2.75, 3.05) is 5.32 Å². The molecule has 0 unspecified atom stereocenters. The molecule has 0 spiro atoms. The lowest BCUT2D eigenvalue weighted by molar-refractivity contribution is 0.442. The second-order valence-corrected chi connectivity index (χ2v) is 5.79. The zero-order chi connectivity index (χ0) is 13.5. The van der Waals surface area contributed by atoms with Gasteiger partial charge in [-0.15, -0.1) is 0 Å². The first-order chi connectivity index (χ1) is 8.51. The van der Waals surface area contributed by atoms with Crippen molar-refractivity contribution in [3.05, 3.63) is 29.8 Å². The SMILES string of the molecule is CC(C)CC(CC(C)C)Nc1cccc(C#N)c1. The predicted octanol–water partition coefficient (Wildman–Crippen LogP) is 4.43. The van der Waals surface area contributed by atoms with Crippen LogP contribution >= 0.6 is 0 Å². The minimum atomic E-state index is 0.485. The Morgan fingerprint density at radius 3 is 2.22 bits per heavy atom. The van der Waals surface area contributed by atoms with Gasteiger partial charge in [0.05, 0.1) is 11.6 Å². The number of nitriles is 1. The third kappa shape index (κ3) is 5.23. The van der Waals surface area contributed by atoms with Gasteiger partial charge >= 0.3 is 0 Å². The van der Waals surface area contributed by atoms with Gasteiger partial charge in [-0.25, -0.2) is 0 Å². The van der Waals surface area contributed by atoms with Gasteiger partial charge in [0.15, 0.2) is 0 Å². The van der Waals surface area contributed by atoms with E-state index in [2.05, 4.69) is 39.1 Å². The molecule has 0 heterocycles. The number of rotatable bonds is 6. The minimum absolute atomic E-state index is 0.485. The highest BCUT2D eigenvalue weighted by Crippen LogP contribution is 2.19. The Hall–Kier alpha value is -1.49. The lowest BCUT2D eigenvalue weighted by atomic mass is 9.95. The van der Waals surface area contributed by atoms with E-state index >= 15 is 0 Å². The van der Waals surface area contributed by atoms with E-state index < -0.39 is 0 Å². The van der Waals surface area contributed by atoms with Gasteiger partial charge in [-0.3, -0.25) is 0 Å². The fourth-order valence-electron chi connectivity index (χ4n) is 2.27. The monoisotopic (exact) mass is 244 g/mol. The first-order valence-corrected chi connectivity index (χ1v) is 6.78.